The van der Waals surface area contributed by atoms with Crippen molar-refractivity contribution in [1.29, 1.82) is 0 Å². The molecule has 0 radical (unpaired) electrons. The molecule has 8 nitrogen and oxygen atoms in total. The highest BCUT2D eigenvalue weighted by Gasteiger charge is 2.18. The zero-order chi connectivity index (χ0) is 17.6. The lowest BCUT2D eigenvalue weighted by molar-refractivity contribution is 0.0686. The van der Waals surface area contributed by atoms with Crippen LogP contribution in [0.1, 0.15) is 16.1 Å². The monoisotopic (exact) mass is 324 g/mol. The molecule has 1 heterocycles. The van der Waals surface area contributed by atoms with Crippen molar-refractivity contribution in [2.24, 2.45) is 12.8 Å². The highest BCUT2D eigenvalue weighted by Crippen LogP contribution is 2.10. The van der Waals surface area contributed by atoms with Crippen LogP contribution in [-0.2, 0) is 13.6 Å². The fourth-order valence-electron chi connectivity index (χ4n) is 1.58. The van der Waals surface area contributed by atoms with Gasteiger partial charge in [0.05, 0.1) is 0 Å². The maximum Gasteiger partial charge on any atom is 0.358 e. The van der Waals surface area contributed by atoms with E-state index in [1.165, 1.54) is 26.2 Å². The average Bonchev–Trinajstić information content (AvgIpc) is 2.54. The van der Waals surface area contributed by atoms with E-state index in [4.69, 9.17) is 15.9 Å². The lowest BCUT2D eigenvalue weighted by Crippen LogP contribution is -2.23. The fraction of sp³-hybridized carbons (Fsp3) is 0.214. The third-order valence-corrected chi connectivity index (χ3v) is 2.84. The number of carbonyl (C=O) groups is 1. The molecule has 9 heteroatoms. The quantitative estimate of drug-likeness (QED) is 0.647. The van der Waals surface area contributed by atoms with Crippen LogP contribution in [0.3, 0.4) is 0 Å². The maximum atomic E-state index is 12.2. The molecule has 124 valence electrons. The van der Waals surface area contributed by atoms with Crippen LogP contribution in [0.15, 0.2) is 29.1 Å². The topological polar surface area (TPSA) is 130 Å². The minimum Gasteiger partial charge on any atom is -0.501 e. The number of nitrogens with one attached hydrogen (secondary N) is 1. The molecule has 0 aliphatic heterocycles. The van der Waals surface area contributed by atoms with Gasteiger partial charge in [-0.2, -0.15) is 0 Å². The van der Waals surface area contributed by atoms with E-state index in [2.05, 4.69) is 10.3 Å². The first-order valence-corrected chi connectivity index (χ1v) is 6.47. The predicted molar refractivity (Wildman–Crippen MR) is 81.9 cm³/mol. The van der Waals surface area contributed by atoms with Gasteiger partial charge in [0.15, 0.2) is 5.69 Å². The number of nitrogens with zero attached hydrogens (tertiary/aromatic N) is 2. The van der Waals surface area contributed by atoms with Crippen molar-refractivity contribution in [3.63, 3.8) is 0 Å². The van der Waals surface area contributed by atoms with Crippen molar-refractivity contribution in [2.75, 3.05) is 12.4 Å². The van der Waals surface area contributed by atoms with Crippen molar-refractivity contribution < 1.29 is 19.4 Å². The number of anilines is 1. The van der Waals surface area contributed by atoms with Crippen LogP contribution in [-0.4, -0.2) is 32.8 Å². The zero-order valence-electron chi connectivity index (χ0n) is 12.6. The van der Waals surface area contributed by atoms with Crippen LogP contribution in [0, 0.1) is 5.82 Å². The summed E-state index contributed by atoms with van der Waals surface area (Å²) in [5.41, 5.74) is 4.77. The molecule has 0 aliphatic rings. The Morgan fingerprint density at radius 1 is 1.39 bits per heavy atom. The molecule has 0 unspecified atom stereocenters. The summed E-state index contributed by atoms with van der Waals surface area (Å²) < 4.78 is 13.2. The van der Waals surface area contributed by atoms with Gasteiger partial charge in [-0.3, -0.25) is 9.36 Å². The molecule has 0 saturated carbocycles. The van der Waals surface area contributed by atoms with Gasteiger partial charge in [0.1, 0.15) is 5.82 Å². The van der Waals surface area contributed by atoms with Crippen LogP contribution in [0.4, 0.5) is 10.3 Å². The van der Waals surface area contributed by atoms with E-state index in [0.29, 0.717) is 6.54 Å². The Morgan fingerprint density at radius 3 is 2.39 bits per heavy atom. The highest BCUT2D eigenvalue weighted by atomic mass is 19.1. The zero-order valence-corrected chi connectivity index (χ0v) is 12.6. The van der Waals surface area contributed by atoms with Crippen molar-refractivity contribution in [1.82, 2.24) is 9.55 Å². The first kappa shape index (κ1) is 18.1. The number of aromatic carboxylic acids is 1. The summed E-state index contributed by atoms with van der Waals surface area (Å²) in [7, 11) is 2.86. The molecule has 1 aromatic heterocycles. The summed E-state index contributed by atoms with van der Waals surface area (Å²) >= 11 is 0. The largest absolute Gasteiger partial charge is 0.501 e. The van der Waals surface area contributed by atoms with Crippen molar-refractivity contribution in [2.45, 2.75) is 6.54 Å². The number of aromatic nitrogens is 2. The third-order valence-electron chi connectivity index (χ3n) is 2.84. The Hall–Kier alpha value is -2.94. The number of hydrogen-bond acceptors (Lipinski definition) is 6. The number of rotatable bonds is 3. The standard InChI is InChI=1S/C7H8FN.C7H9N3O4/c8-7-3-1-6(5-9)2-4-7;1-8-7-9-3(6(13)14)4(11)5(12)10(7)2/h1-4H,5,9H2;11H,1-2H3,(H,8,9)(H,13,14). The smallest absolute Gasteiger partial charge is 0.358 e. The molecule has 0 fully saturated rings. The van der Waals surface area contributed by atoms with Gasteiger partial charge in [-0.25, -0.2) is 14.2 Å². The third kappa shape index (κ3) is 4.51. The van der Waals surface area contributed by atoms with E-state index in [1.807, 2.05) is 0 Å². The van der Waals surface area contributed by atoms with E-state index in [0.717, 1.165) is 10.1 Å². The van der Waals surface area contributed by atoms with Crippen molar-refractivity contribution in [3.8, 4) is 5.75 Å². The minimum atomic E-state index is -1.45. The molecular formula is C14H17FN4O4. The van der Waals surface area contributed by atoms with Crippen LogP contribution >= 0.6 is 0 Å². The molecule has 0 saturated heterocycles. The number of carboxylic acids is 1. The molecule has 0 spiro atoms. The molecule has 1 aromatic carbocycles. The molecule has 2 rings (SSSR count). The molecule has 0 bridgehead atoms. The van der Waals surface area contributed by atoms with E-state index in [1.54, 1.807) is 12.1 Å². The Morgan fingerprint density at radius 2 is 1.96 bits per heavy atom. The van der Waals surface area contributed by atoms with Crippen LogP contribution in [0.2, 0.25) is 0 Å². The second kappa shape index (κ2) is 7.90. The lowest BCUT2D eigenvalue weighted by Gasteiger charge is -2.07. The second-order valence-corrected chi connectivity index (χ2v) is 4.38. The van der Waals surface area contributed by atoms with Crippen molar-refractivity contribution in [3.05, 3.63) is 51.7 Å². The number of halogens is 1. The van der Waals surface area contributed by atoms with Gasteiger partial charge in [-0.1, -0.05) is 12.1 Å². The minimum absolute atomic E-state index is 0.0743. The summed E-state index contributed by atoms with van der Waals surface area (Å²) in [5.74, 6) is -2.45. The fourth-order valence-corrected chi connectivity index (χ4v) is 1.58. The Kier molecular flexibility index (Phi) is 6.22. The van der Waals surface area contributed by atoms with Crippen LogP contribution in [0.25, 0.3) is 0 Å². The van der Waals surface area contributed by atoms with Gasteiger partial charge in [-0.15, -0.1) is 0 Å². The molecule has 0 atom stereocenters. The number of aromatic hydroxyl groups is 1. The summed E-state index contributed by atoms with van der Waals surface area (Å²) in [6.45, 7) is 0.472. The van der Waals surface area contributed by atoms with Gasteiger partial charge in [-0.05, 0) is 17.7 Å². The van der Waals surface area contributed by atoms with Crippen molar-refractivity contribution >= 4 is 11.9 Å². The maximum absolute atomic E-state index is 12.2. The number of carboxylic acid groups (broad SMARTS) is 1. The van der Waals surface area contributed by atoms with Crippen LogP contribution < -0.4 is 16.6 Å². The van der Waals surface area contributed by atoms with Gasteiger partial charge in [0.25, 0.3) is 5.56 Å². The Bertz CT molecular complexity index is 744. The van der Waals surface area contributed by atoms with Gasteiger partial charge >= 0.3 is 5.97 Å². The number of hydrogen-bond donors (Lipinski definition) is 4. The highest BCUT2D eigenvalue weighted by molar-refractivity contribution is 5.88. The molecule has 23 heavy (non-hydrogen) atoms. The summed E-state index contributed by atoms with van der Waals surface area (Å²) in [4.78, 5) is 25.4. The number of nitrogens with two attached hydrogens (primary N) is 1. The van der Waals surface area contributed by atoms with E-state index < -0.39 is 23.0 Å². The first-order valence-electron chi connectivity index (χ1n) is 6.47. The van der Waals surface area contributed by atoms with E-state index in [9.17, 15) is 14.0 Å². The summed E-state index contributed by atoms with van der Waals surface area (Å²) in [5, 5.41) is 20.3. The predicted octanol–water partition coefficient (Wildman–Crippen LogP) is 0.510. The summed E-state index contributed by atoms with van der Waals surface area (Å²) in [6, 6.07) is 6.16. The number of benzene rings is 1. The second-order valence-electron chi connectivity index (χ2n) is 4.38. The molecule has 2 aromatic rings. The van der Waals surface area contributed by atoms with Gasteiger partial charge in [0, 0.05) is 20.6 Å². The van der Waals surface area contributed by atoms with Crippen LogP contribution in [0.5, 0.6) is 5.75 Å². The van der Waals surface area contributed by atoms with Gasteiger partial charge in [0.2, 0.25) is 11.7 Å². The average molecular weight is 324 g/mol. The Labute approximate surface area is 131 Å². The van der Waals surface area contributed by atoms with E-state index in [-0.39, 0.29) is 11.8 Å². The summed E-state index contributed by atoms with van der Waals surface area (Å²) in [6.07, 6.45) is 0. The SMILES string of the molecule is CNc1nc(C(=O)O)c(O)c(=O)n1C.NCc1ccc(F)cc1. The van der Waals surface area contributed by atoms with E-state index >= 15 is 0 Å². The van der Waals surface area contributed by atoms with Gasteiger partial charge < -0.3 is 21.3 Å². The molecule has 5 N–H and O–H groups in total. The lowest BCUT2D eigenvalue weighted by atomic mass is 10.2. The normalized spacial score (nSPS) is 9.74. The molecular weight excluding hydrogens is 307 g/mol. The first-order chi connectivity index (χ1) is 10.8. The Balaban J connectivity index is 0.000000253. The molecule has 0 aliphatic carbocycles. The molecule has 0 amide bonds.